The lowest BCUT2D eigenvalue weighted by molar-refractivity contribution is 0.0617. The fourth-order valence-electron chi connectivity index (χ4n) is 3.34. The predicted molar refractivity (Wildman–Crippen MR) is 89.4 cm³/mol. The highest BCUT2D eigenvalue weighted by Crippen LogP contribution is 2.24. The van der Waals surface area contributed by atoms with Crippen molar-refractivity contribution in [3.63, 3.8) is 0 Å². The van der Waals surface area contributed by atoms with E-state index in [2.05, 4.69) is 24.0 Å². The van der Waals surface area contributed by atoms with E-state index in [-0.39, 0.29) is 5.91 Å². The molecule has 5 heteroatoms. The number of hydrogen-bond donors (Lipinski definition) is 1. The normalized spacial score (nSPS) is 21.3. The van der Waals surface area contributed by atoms with Crippen LogP contribution in [-0.2, 0) is 0 Å². The summed E-state index contributed by atoms with van der Waals surface area (Å²) in [4.78, 5) is 14.6. The molecule has 2 aromatic rings. The van der Waals surface area contributed by atoms with E-state index >= 15 is 0 Å². The van der Waals surface area contributed by atoms with Crippen LogP contribution in [0.5, 0.6) is 5.75 Å². The van der Waals surface area contributed by atoms with Crippen LogP contribution in [0.1, 0.15) is 30.8 Å². The van der Waals surface area contributed by atoms with Gasteiger partial charge in [-0.2, -0.15) is 5.10 Å². The maximum atomic E-state index is 12.7. The zero-order valence-corrected chi connectivity index (χ0v) is 13.9. The molecule has 5 nitrogen and oxygen atoms in total. The van der Waals surface area contributed by atoms with E-state index in [1.54, 1.807) is 7.11 Å². The van der Waals surface area contributed by atoms with Crippen LogP contribution in [0.4, 0.5) is 0 Å². The molecule has 1 amide bonds. The van der Waals surface area contributed by atoms with Crippen molar-refractivity contribution in [1.29, 1.82) is 0 Å². The third-order valence-electron chi connectivity index (χ3n) is 4.35. The summed E-state index contributed by atoms with van der Waals surface area (Å²) in [6, 6.07) is 9.48. The number of carbonyl (C=O) groups is 1. The molecule has 0 spiro atoms. The minimum Gasteiger partial charge on any atom is -0.497 e. The number of aromatic nitrogens is 2. The molecule has 1 saturated heterocycles. The molecule has 1 aromatic carbocycles. The van der Waals surface area contributed by atoms with Gasteiger partial charge >= 0.3 is 0 Å². The average molecular weight is 313 g/mol. The number of likely N-dealkylation sites (tertiary alicyclic amines) is 1. The highest BCUT2D eigenvalue weighted by atomic mass is 16.5. The van der Waals surface area contributed by atoms with Gasteiger partial charge in [-0.25, -0.2) is 0 Å². The Hall–Kier alpha value is -2.30. The molecule has 3 rings (SSSR count). The number of amides is 1. The average Bonchev–Trinajstić information content (AvgIpc) is 3.03. The summed E-state index contributed by atoms with van der Waals surface area (Å²) < 4.78 is 5.16. The van der Waals surface area contributed by atoms with Crippen LogP contribution in [0, 0.1) is 11.8 Å². The minimum absolute atomic E-state index is 0.0376. The van der Waals surface area contributed by atoms with Gasteiger partial charge in [-0.1, -0.05) is 13.8 Å². The lowest BCUT2D eigenvalue weighted by atomic mass is 9.92. The number of rotatable bonds is 3. The monoisotopic (exact) mass is 313 g/mol. The summed E-state index contributed by atoms with van der Waals surface area (Å²) in [6.07, 6.45) is 1.18. The lowest BCUT2D eigenvalue weighted by Gasteiger charge is -2.34. The fourth-order valence-corrected chi connectivity index (χ4v) is 3.34. The Labute approximate surface area is 136 Å². The molecular weight excluding hydrogens is 290 g/mol. The van der Waals surface area contributed by atoms with Crippen LogP contribution in [0.2, 0.25) is 0 Å². The standard InChI is InChI=1S/C18H23N3O2/c1-12-8-13(2)11-21(10-12)18(22)17-9-16(19-20-17)14-4-6-15(23-3)7-5-14/h4-7,9,12-13H,8,10-11H2,1-3H3,(H,19,20)/t12-,13+. The van der Waals surface area contributed by atoms with Crippen molar-refractivity contribution in [2.24, 2.45) is 11.8 Å². The Bertz CT molecular complexity index is 668. The van der Waals surface area contributed by atoms with Crippen molar-refractivity contribution in [3.8, 4) is 17.0 Å². The van der Waals surface area contributed by atoms with Gasteiger partial charge in [0.15, 0.2) is 0 Å². The summed E-state index contributed by atoms with van der Waals surface area (Å²) in [7, 11) is 1.64. The fraction of sp³-hybridized carbons (Fsp3) is 0.444. The number of benzene rings is 1. The van der Waals surface area contributed by atoms with Gasteiger partial charge in [0.05, 0.1) is 12.8 Å². The van der Waals surface area contributed by atoms with E-state index in [0.29, 0.717) is 17.5 Å². The predicted octanol–water partition coefficient (Wildman–Crippen LogP) is 3.20. The van der Waals surface area contributed by atoms with Crippen LogP contribution in [-0.4, -0.2) is 41.2 Å². The highest BCUT2D eigenvalue weighted by molar-refractivity contribution is 5.93. The SMILES string of the molecule is COc1ccc(-c2cc(C(=O)N3C[C@H](C)C[C@H](C)C3)[nH]n2)cc1. The number of nitrogens with one attached hydrogen (secondary N) is 1. The third kappa shape index (κ3) is 3.38. The van der Waals surface area contributed by atoms with Crippen LogP contribution < -0.4 is 4.74 Å². The van der Waals surface area contributed by atoms with Crippen molar-refractivity contribution in [3.05, 3.63) is 36.0 Å². The number of carbonyl (C=O) groups excluding carboxylic acids is 1. The van der Waals surface area contributed by atoms with E-state index in [9.17, 15) is 4.79 Å². The molecule has 0 bridgehead atoms. The number of nitrogens with zero attached hydrogens (tertiary/aromatic N) is 2. The van der Waals surface area contributed by atoms with Crippen molar-refractivity contribution in [2.45, 2.75) is 20.3 Å². The van der Waals surface area contributed by atoms with Crippen LogP contribution in [0.15, 0.2) is 30.3 Å². The van der Waals surface area contributed by atoms with Gasteiger partial charge in [0.25, 0.3) is 5.91 Å². The molecule has 1 fully saturated rings. The van der Waals surface area contributed by atoms with Crippen molar-refractivity contribution in [1.82, 2.24) is 15.1 Å². The molecule has 0 saturated carbocycles. The minimum atomic E-state index is 0.0376. The quantitative estimate of drug-likeness (QED) is 0.946. The Balaban J connectivity index is 1.76. The Morgan fingerprint density at radius 2 is 1.87 bits per heavy atom. The zero-order valence-electron chi connectivity index (χ0n) is 13.9. The molecule has 0 unspecified atom stereocenters. The van der Waals surface area contributed by atoms with Gasteiger partial charge < -0.3 is 9.64 Å². The summed E-state index contributed by atoms with van der Waals surface area (Å²) in [6.45, 7) is 6.04. The van der Waals surface area contributed by atoms with Crippen molar-refractivity contribution < 1.29 is 9.53 Å². The second-order valence-electron chi connectivity index (χ2n) is 6.55. The van der Waals surface area contributed by atoms with Crippen molar-refractivity contribution >= 4 is 5.91 Å². The number of hydrogen-bond acceptors (Lipinski definition) is 3. The molecule has 122 valence electrons. The van der Waals surface area contributed by atoms with E-state index in [0.717, 1.165) is 30.1 Å². The number of piperidine rings is 1. The smallest absolute Gasteiger partial charge is 0.271 e. The van der Waals surface area contributed by atoms with E-state index in [4.69, 9.17) is 4.74 Å². The van der Waals surface area contributed by atoms with Gasteiger partial charge in [-0.05, 0) is 48.6 Å². The molecule has 1 N–H and O–H groups in total. The number of ether oxygens (including phenoxy) is 1. The molecule has 1 aliphatic heterocycles. The van der Waals surface area contributed by atoms with Gasteiger partial charge in [0.1, 0.15) is 11.4 Å². The molecular formula is C18H23N3O2. The number of aromatic amines is 1. The number of H-pyrrole nitrogens is 1. The maximum Gasteiger partial charge on any atom is 0.271 e. The molecule has 0 radical (unpaired) electrons. The van der Waals surface area contributed by atoms with Gasteiger partial charge in [-0.3, -0.25) is 9.89 Å². The lowest BCUT2D eigenvalue weighted by Crippen LogP contribution is -2.42. The molecule has 0 aliphatic carbocycles. The van der Waals surface area contributed by atoms with Crippen LogP contribution in [0.3, 0.4) is 0 Å². The second kappa shape index (κ2) is 6.44. The van der Waals surface area contributed by atoms with Crippen LogP contribution >= 0.6 is 0 Å². The van der Waals surface area contributed by atoms with Gasteiger partial charge in [-0.15, -0.1) is 0 Å². The topological polar surface area (TPSA) is 58.2 Å². The molecule has 2 heterocycles. The first-order chi connectivity index (χ1) is 11.1. The van der Waals surface area contributed by atoms with E-state index in [1.807, 2.05) is 35.2 Å². The Morgan fingerprint density at radius 1 is 1.22 bits per heavy atom. The summed E-state index contributed by atoms with van der Waals surface area (Å²) in [5, 5.41) is 7.17. The summed E-state index contributed by atoms with van der Waals surface area (Å²) in [5.41, 5.74) is 2.28. The zero-order chi connectivity index (χ0) is 16.4. The second-order valence-corrected chi connectivity index (χ2v) is 6.55. The Kier molecular flexibility index (Phi) is 4.37. The largest absolute Gasteiger partial charge is 0.497 e. The van der Waals surface area contributed by atoms with Gasteiger partial charge in [0, 0.05) is 18.7 Å². The Morgan fingerprint density at radius 3 is 2.48 bits per heavy atom. The number of methoxy groups -OCH3 is 1. The van der Waals surface area contributed by atoms with E-state index < -0.39 is 0 Å². The molecule has 1 aromatic heterocycles. The molecule has 1 aliphatic rings. The third-order valence-corrected chi connectivity index (χ3v) is 4.35. The van der Waals surface area contributed by atoms with Crippen LogP contribution in [0.25, 0.3) is 11.3 Å². The first-order valence-corrected chi connectivity index (χ1v) is 8.06. The van der Waals surface area contributed by atoms with Gasteiger partial charge in [0.2, 0.25) is 0 Å². The summed E-state index contributed by atoms with van der Waals surface area (Å²) in [5.74, 6) is 1.94. The first kappa shape index (κ1) is 15.6. The molecule has 23 heavy (non-hydrogen) atoms. The van der Waals surface area contributed by atoms with E-state index in [1.165, 1.54) is 6.42 Å². The summed E-state index contributed by atoms with van der Waals surface area (Å²) >= 11 is 0. The molecule has 2 atom stereocenters. The van der Waals surface area contributed by atoms with Crippen molar-refractivity contribution in [2.75, 3.05) is 20.2 Å². The maximum absolute atomic E-state index is 12.7. The highest BCUT2D eigenvalue weighted by Gasteiger charge is 2.27. The first-order valence-electron chi connectivity index (χ1n) is 8.06.